The number of rotatable bonds is 7. The third-order valence-corrected chi connectivity index (χ3v) is 3.74. The quantitative estimate of drug-likeness (QED) is 0.740. The van der Waals surface area contributed by atoms with Gasteiger partial charge in [0.25, 0.3) is 5.91 Å². The molecule has 7 heteroatoms. The number of thiocarbonyl (C=S) groups is 1. The van der Waals surface area contributed by atoms with Gasteiger partial charge in [-0.3, -0.25) is 4.79 Å². The average Bonchev–Trinajstić information content (AvgIpc) is 2.38. The van der Waals surface area contributed by atoms with Crippen LogP contribution in [-0.2, 0) is 4.74 Å². The van der Waals surface area contributed by atoms with Gasteiger partial charge in [-0.2, -0.15) is 0 Å². The molecule has 0 saturated carbocycles. The molecule has 0 saturated heterocycles. The molecule has 0 spiro atoms. The number of nitrogens with zero attached hydrogens (tertiary/aromatic N) is 1. The lowest BCUT2D eigenvalue weighted by Gasteiger charge is -2.22. The average molecular weight is 380 g/mol. The predicted molar refractivity (Wildman–Crippen MR) is 88.3 cm³/mol. The Morgan fingerprint density at radius 3 is 2.75 bits per heavy atom. The first kappa shape index (κ1) is 17.4. The topological polar surface area (TPSA) is 55.6 Å². The number of benzene rings is 1. The highest BCUT2D eigenvalue weighted by atomic mass is 79.9. The van der Waals surface area contributed by atoms with Crippen molar-refractivity contribution in [2.75, 3.05) is 26.8 Å². The summed E-state index contributed by atoms with van der Waals surface area (Å²) in [6, 6.07) is 5.06. The first-order valence-corrected chi connectivity index (χ1v) is 7.55. The van der Waals surface area contributed by atoms with Crippen LogP contribution in [0, 0.1) is 0 Å². The van der Waals surface area contributed by atoms with Gasteiger partial charge < -0.3 is 15.4 Å². The Bertz CT molecular complexity index is 499. The second-order valence-corrected chi connectivity index (χ2v) is 5.94. The minimum Gasteiger partial charge on any atom is -0.393 e. The number of halogens is 2. The van der Waals surface area contributed by atoms with E-state index in [9.17, 15) is 4.79 Å². The van der Waals surface area contributed by atoms with Crippen molar-refractivity contribution < 1.29 is 9.53 Å². The van der Waals surface area contributed by atoms with Crippen LogP contribution in [-0.4, -0.2) is 42.6 Å². The molecular weight excluding hydrogens is 364 g/mol. The van der Waals surface area contributed by atoms with Gasteiger partial charge >= 0.3 is 0 Å². The first-order chi connectivity index (χ1) is 9.45. The fourth-order valence-corrected chi connectivity index (χ4v) is 2.54. The van der Waals surface area contributed by atoms with Gasteiger partial charge in [0.15, 0.2) is 0 Å². The Kier molecular flexibility index (Phi) is 7.43. The van der Waals surface area contributed by atoms with Crippen LogP contribution in [0.1, 0.15) is 16.8 Å². The maximum atomic E-state index is 12.5. The van der Waals surface area contributed by atoms with Gasteiger partial charge in [0.1, 0.15) is 0 Å². The van der Waals surface area contributed by atoms with Crippen molar-refractivity contribution in [2.24, 2.45) is 5.73 Å². The summed E-state index contributed by atoms with van der Waals surface area (Å²) in [7, 11) is 1.59. The van der Waals surface area contributed by atoms with E-state index in [-0.39, 0.29) is 5.91 Å². The molecule has 0 aliphatic rings. The van der Waals surface area contributed by atoms with Crippen molar-refractivity contribution in [3.05, 3.63) is 33.3 Å². The molecule has 0 aromatic heterocycles. The molecule has 0 bridgehead atoms. The van der Waals surface area contributed by atoms with Crippen LogP contribution in [0.3, 0.4) is 0 Å². The van der Waals surface area contributed by atoms with E-state index in [1.54, 1.807) is 30.2 Å². The summed E-state index contributed by atoms with van der Waals surface area (Å²) in [5, 5.41) is 0.569. The Hall–Kier alpha value is -0.690. The lowest BCUT2D eigenvalue weighted by Crippen LogP contribution is -2.36. The zero-order chi connectivity index (χ0) is 15.1. The second kappa shape index (κ2) is 8.56. The molecule has 2 N–H and O–H groups in total. The molecule has 1 aromatic carbocycles. The van der Waals surface area contributed by atoms with E-state index in [4.69, 9.17) is 34.3 Å². The van der Waals surface area contributed by atoms with Crippen molar-refractivity contribution in [3.8, 4) is 0 Å². The fourth-order valence-electron chi connectivity index (χ4n) is 1.59. The highest BCUT2D eigenvalue weighted by Crippen LogP contribution is 2.23. The number of methoxy groups -OCH3 is 1. The van der Waals surface area contributed by atoms with Crippen molar-refractivity contribution >= 4 is 50.6 Å². The summed E-state index contributed by atoms with van der Waals surface area (Å²) in [5.41, 5.74) is 6.04. The Morgan fingerprint density at radius 2 is 2.20 bits per heavy atom. The van der Waals surface area contributed by atoms with Crippen LogP contribution in [0.4, 0.5) is 0 Å². The normalized spacial score (nSPS) is 10.3. The molecule has 0 radical (unpaired) electrons. The summed E-state index contributed by atoms with van der Waals surface area (Å²) in [5.74, 6) is -0.109. The van der Waals surface area contributed by atoms with E-state index in [0.717, 1.165) is 0 Å². The van der Waals surface area contributed by atoms with Crippen LogP contribution in [0.25, 0.3) is 0 Å². The van der Waals surface area contributed by atoms with E-state index in [2.05, 4.69) is 15.9 Å². The zero-order valence-electron chi connectivity index (χ0n) is 11.1. The molecule has 0 atom stereocenters. The minimum absolute atomic E-state index is 0.109. The summed E-state index contributed by atoms with van der Waals surface area (Å²) in [4.78, 5) is 14.6. The van der Waals surface area contributed by atoms with E-state index < -0.39 is 0 Å². The maximum Gasteiger partial charge on any atom is 0.255 e. The molecule has 1 rings (SSSR count). The predicted octanol–water partition coefficient (Wildman–Crippen LogP) is 2.87. The van der Waals surface area contributed by atoms with Gasteiger partial charge in [0.05, 0.1) is 17.2 Å². The van der Waals surface area contributed by atoms with Crippen LogP contribution < -0.4 is 5.73 Å². The number of carbonyl (C=O) groups excluding carboxylic acids is 1. The molecular formula is C13H16BrClN2O2S. The summed E-state index contributed by atoms with van der Waals surface area (Å²) in [6.45, 7) is 1.40. The molecule has 0 aliphatic heterocycles. The van der Waals surface area contributed by atoms with Crippen molar-refractivity contribution in [3.63, 3.8) is 0 Å². The number of carbonyl (C=O) groups is 1. The van der Waals surface area contributed by atoms with Crippen LogP contribution in [0.2, 0.25) is 5.02 Å². The molecule has 0 heterocycles. The molecule has 110 valence electrons. The van der Waals surface area contributed by atoms with Crippen LogP contribution >= 0.6 is 39.7 Å². The molecule has 0 aliphatic carbocycles. The fraction of sp³-hybridized carbons (Fsp3) is 0.385. The van der Waals surface area contributed by atoms with E-state index in [0.29, 0.717) is 46.2 Å². The monoisotopic (exact) mass is 378 g/mol. The second-order valence-electron chi connectivity index (χ2n) is 4.13. The standard InChI is InChI=1S/C13H16BrClN2O2S/c1-19-7-6-17(5-4-12(16)20)13(18)10-3-2-9(15)8-11(10)14/h2-3,8H,4-7H2,1H3,(H2,16,20). The zero-order valence-corrected chi connectivity index (χ0v) is 14.2. The van der Waals surface area contributed by atoms with Crippen LogP contribution in [0.15, 0.2) is 22.7 Å². The molecule has 1 amide bonds. The van der Waals surface area contributed by atoms with Gasteiger partial charge in [-0.1, -0.05) is 23.8 Å². The van der Waals surface area contributed by atoms with Gasteiger partial charge in [-0.05, 0) is 34.1 Å². The lowest BCUT2D eigenvalue weighted by molar-refractivity contribution is 0.0700. The lowest BCUT2D eigenvalue weighted by atomic mass is 10.2. The smallest absolute Gasteiger partial charge is 0.255 e. The van der Waals surface area contributed by atoms with Gasteiger partial charge in [0, 0.05) is 36.1 Å². The summed E-state index contributed by atoms with van der Waals surface area (Å²) >= 11 is 14.1. The number of hydrogen-bond donors (Lipinski definition) is 1. The van der Waals surface area contributed by atoms with E-state index >= 15 is 0 Å². The number of hydrogen-bond acceptors (Lipinski definition) is 3. The number of amides is 1. The molecule has 20 heavy (non-hydrogen) atoms. The highest BCUT2D eigenvalue weighted by molar-refractivity contribution is 9.10. The highest BCUT2D eigenvalue weighted by Gasteiger charge is 2.18. The van der Waals surface area contributed by atoms with E-state index in [1.165, 1.54) is 0 Å². The number of nitrogens with two attached hydrogens (primary N) is 1. The molecule has 4 nitrogen and oxygen atoms in total. The van der Waals surface area contributed by atoms with Crippen molar-refractivity contribution in [2.45, 2.75) is 6.42 Å². The molecule has 0 fully saturated rings. The molecule has 1 aromatic rings. The third-order valence-electron chi connectivity index (χ3n) is 2.64. The Balaban J connectivity index is 2.87. The van der Waals surface area contributed by atoms with Crippen molar-refractivity contribution in [1.82, 2.24) is 4.90 Å². The van der Waals surface area contributed by atoms with E-state index in [1.807, 2.05) is 0 Å². The maximum absolute atomic E-state index is 12.5. The Morgan fingerprint density at radius 1 is 1.50 bits per heavy atom. The van der Waals surface area contributed by atoms with Gasteiger partial charge in [0.2, 0.25) is 0 Å². The first-order valence-electron chi connectivity index (χ1n) is 5.97. The van der Waals surface area contributed by atoms with Crippen LogP contribution in [0.5, 0.6) is 0 Å². The summed E-state index contributed by atoms with van der Waals surface area (Å²) < 4.78 is 5.68. The third kappa shape index (κ3) is 5.36. The van der Waals surface area contributed by atoms with Gasteiger partial charge in [-0.15, -0.1) is 0 Å². The largest absolute Gasteiger partial charge is 0.393 e. The van der Waals surface area contributed by atoms with Gasteiger partial charge in [-0.25, -0.2) is 0 Å². The number of ether oxygens (including phenoxy) is 1. The Labute approximate surface area is 137 Å². The SMILES string of the molecule is COCCN(CCC(N)=S)C(=O)c1ccc(Cl)cc1Br. The minimum atomic E-state index is -0.109. The summed E-state index contributed by atoms with van der Waals surface area (Å²) in [6.07, 6.45) is 0.482. The van der Waals surface area contributed by atoms with Crippen molar-refractivity contribution in [1.29, 1.82) is 0 Å². The molecule has 0 unspecified atom stereocenters.